The molecule has 2 N–H and O–H groups in total. The van der Waals surface area contributed by atoms with Gasteiger partial charge in [-0.15, -0.1) is 0 Å². The molecule has 0 radical (unpaired) electrons. The average molecular weight is 377 g/mol. The Labute approximate surface area is 155 Å². The van der Waals surface area contributed by atoms with Gasteiger partial charge in [-0.05, 0) is 36.4 Å². The third-order valence-electron chi connectivity index (χ3n) is 3.27. The van der Waals surface area contributed by atoms with Crippen molar-refractivity contribution in [1.82, 2.24) is 0 Å². The summed E-state index contributed by atoms with van der Waals surface area (Å²) in [7, 11) is 0. The smallest absolute Gasteiger partial charge is 0.330 e. The van der Waals surface area contributed by atoms with Gasteiger partial charge in [0.1, 0.15) is 12.4 Å². The Morgan fingerprint density at radius 1 is 1.36 bits per heavy atom. The summed E-state index contributed by atoms with van der Waals surface area (Å²) in [6, 6.07) is 10.2. The lowest BCUT2D eigenvalue weighted by Gasteiger charge is -2.20. The Bertz CT molecular complexity index is 829. The quantitative estimate of drug-likeness (QED) is 0.686. The second kappa shape index (κ2) is 8.43. The molecule has 0 fully saturated rings. The van der Waals surface area contributed by atoms with Crippen LogP contribution in [-0.2, 0) is 4.79 Å². The highest BCUT2D eigenvalue weighted by Crippen LogP contribution is 2.37. The zero-order valence-corrected chi connectivity index (χ0v) is 14.5. The van der Waals surface area contributed by atoms with Crippen molar-refractivity contribution in [3.05, 3.63) is 70.2 Å². The number of benzene rings is 2. The third kappa shape index (κ3) is 4.66. The number of hydrogen-bond donors (Lipinski definition) is 2. The Hall–Kier alpha value is -2.68. The number of nitriles is 1. The first kappa shape index (κ1) is 18.7. The van der Waals surface area contributed by atoms with E-state index in [1.165, 1.54) is 18.2 Å². The van der Waals surface area contributed by atoms with Gasteiger partial charge in [0.25, 0.3) is 0 Å². The van der Waals surface area contributed by atoms with Gasteiger partial charge in [0.2, 0.25) is 0 Å². The van der Waals surface area contributed by atoms with Crippen LogP contribution in [-0.4, -0.2) is 17.7 Å². The number of nitrogens with one attached hydrogen (secondary N) is 1. The normalized spacial score (nSPS) is 11.2. The zero-order chi connectivity index (χ0) is 18.4. The number of carbonyl (C=O) groups is 1. The molecule has 2 aromatic carbocycles. The molecule has 7 heteroatoms. The molecule has 0 amide bonds. The number of hydrogen-bond acceptors (Lipinski definition) is 4. The van der Waals surface area contributed by atoms with Crippen molar-refractivity contribution < 1.29 is 14.6 Å². The predicted octanol–water partition coefficient (Wildman–Crippen LogP) is 4.67. The molecule has 1 unspecified atom stereocenters. The molecule has 128 valence electrons. The summed E-state index contributed by atoms with van der Waals surface area (Å²) < 4.78 is 5.52. The van der Waals surface area contributed by atoms with Crippen LogP contribution in [0.25, 0.3) is 0 Å². The van der Waals surface area contributed by atoms with E-state index in [9.17, 15) is 9.90 Å². The SMILES string of the molecule is C=CCOc1c(Cl)cc(Cl)cc1C(Nc1ccc(C#N)cc1)C(=O)O. The van der Waals surface area contributed by atoms with Crippen molar-refractivity contribution >= 4 is 34.9 Å². The molecule has 0 aromatic heterocycles. The van der Waals surface area contributed by atoms with Crippen LogP contribution in [0.2, 0.25) is 10.0 Å². The molecule has 0 saturated heterocycles. The van der Waals surface area contributed by atoms with Crippen molar-refractivity contribution in [2.45, 2.75) is 6.04 Å². The lowest BCUT2D eigenvalue weighted by atomic mass is 10.0. The number of anilines is 1. The van der Waals surface area contributed by atoms with E-state index in [0.717, 1.165) is 0 Å². The molecule has 0 aliphatic rings. The van der Waals surface area contributed by atoms with Gasteiger partial charge >= 0.3 is 5.97 Å². The molecular weight excluding hydrogens is 363 g/mol. The molecule has 2 aromatic rings. The minimum Gasteiger partial charge on any atom is -0.488 e. The molecule has 0 aliphatic carbocycles. The standard InChI is InChI=1S/C18H14Cl2N2O3/c1-2-7-25-17-14(8-12(19)9-15(17)20)16(18(23)24)22-13-5-3-11(10-21)4-6-13/h2-6,8-9,16,22H,1,7H2,(H,23,24). The first-order valence-corrected chi connectivity index (χ1v) is 7.94. The van der Waals surface area contributed by atoms with Gasteiger partial charge in [-0.25, -0.2) is 4.79 Å². The van der Waals surface area contributed by atoms with Gasteiger partial charge in [-0.3, -0.25) is 0 Å². The first-order valence-electron chi connectivity index (χ1n) is 7.18. The minimum absolute atomic E-state index is 0.164. The third-order valence-corrected chi connectivity index (χ3v) is 3.76. The van der Waals surface area contributed by atoms with Gasteiger partial charge in [0.05, 0.1) is 16.7 Å². The van der Waals surface area contributed by atoms with E-state index in [1.54, 1.807) is 24.3 Å². The number of carboxylic acids is 1. The Kier molecular flexibility index (Phi) is 6.29. The van der Waals surface area contributed by atoms with E-state index < -0.39 is 12.0 Å². The van der Waals surface area contributed by atoms with Gasteiger partial charge in [0, 0.05) is 16.3 Å². The van der Waals surface area contributed by atoms with Crippen LogP contribution >= 0.6 is 23.2 Å². The highest BCUT2D eigenvalue weighted by atomic mass is 35.5. The summed E-state index contributed by atoms with van der Waals surface area (Å²) >= 11 is 12.2. The van der Waals surface area contributed by atoms with Crippen molar-refractivity contribution in [3.63, 3.8) is 0 Å². The van der Waals surface area contributed by atoms with Gasteiger partial charge in [0.15, 0.2) is 6.04 Å². The number of halogens is 2. The molecule has 0 bridgehead atoms. The van der Waals surface area contributed by atoms with E-state index in [0.29, 0.717) is 16.3 Å². The summed E-state index contributed by atoms with van der Waals surface area (Å²) in [5.41, 5.74) is 1.28. The van der Waals surface area contributed by atoms with Crippen LogP contribution in [0.5, 0.6) is 5.75 Å². The number of aliphatic carboxylic acids is 1. The highest BCUT2D eigenvalue weighted by molar-refractivity contribution is 6.35. The van der Waals surface area contributed by atoms with Crippen LogP contribution in [0.1, 0.15) is 17.2 Å². The Morgan fingerprint density at radius 2 is 2.04 bits per heavy atom. The molecule has 0 heterocycles. The summed E-state index contributed by atoms with van der Waals surface area (Å²) in [5, 5.41) is 21.9. The number of carboxylic acid groups (broad SMARTS) is 1. The summed E-state index contributed by atoms with van der Waals surface area (Å²) in [6.45, 7) is 3.73. The second-order valence-corrected chi connectivity index (χ2v) is 5.85. The van der Waals surface area contributed by atoms with Crippen LogP contribution in [0, 0.1) is 11.3 Å². The maximum atomic E-state index is 11.8. The summed E-state index contributed by atoms with van der Waals surface area (Å²) in [4.78, 5) is 11.8. The predicted molar refractivity (Wildman–Crippen MR) is 97.3 cm³/mol. The number of rotatable bonds is 7. The van der Waals surface area contributed by atoms with Crippen LogP contribution in [0.3, 0.4) is 0 Å². The lowest BCUT2D eigenvalue weighted by molar-refractivity contribution is -0.138. The van der Waals surface area contributed by atoms with Gasteiger partial charge in [-0.1, -0.05) is 35.9 Å². The maximum absolute atomic E-state index is 11.8. The van der Waals surface area contributed by atoms with Crippen molar-refractivity contribution in [1.29, 1.82) is 5.26 Å². The first-order chi connectivity index (χ1) is 12.0. The van der Waals surface area contributed by atoms with Crippen LogP contribution < -0.4 is 10.1 Å². The van der Waals surface area contributed by atoms with Crippen LogP contribution in [0.15, 0.2) is 49.1 Å². The average Bonchev–Trinajstić information content (AvgIpc) is 2.58. The lowest BCUT2D eigenvalue weighted by Crippen LogP contribution is -2.21. The highest BCUT2D eigenvalue weighted by Gasteiger charge is 2.26. The molecule has 0 saturated carbocycles. The van der Waals surface area contributed by atoms with E-state index >= 15 is 0 Å². The second-order valence-electron chi connectivity index (χ2n) is 5.01. The molecular formula is C18H14Cl2N2O3. The molecule has 2 rings (SSSR count). The topological polar surface area (TPSA) is 82.3 Å². The van der Waals surface area contributed by atoms with Gasteiger partial charge < -0.3 is 15.2 Å². The van der Waals surface area contributed by atoms with E-state index in [-0.39, 0.29) is 22.9 Å². The van der Waals surface area contributed by atoms with E-state index in [2.05, 4.69) is 11.9 Å². The van der Waals surface area contributed by atoms with Gasteiger partial charge in [-0.2, -0.15) is 5.26 Å². The summed E-state index contributed by atoms with van der Waals surface area (Å²) in [6.07, 6.45) is 1.53. The van der Waals surface area contributed by atoms with Crippen molar-refractivity contribution in [2.75, 3.05) is 11.9 Å². The Morgan fingerprint density at radius 3 is 2.60 bits per heavy atom. The minimum atomic E-state index is -1.15. The van der Waals surface area contributed by atoms with E-state index in [4.69, 9.17) is 33.2 Å². The van der Waals surface area contributed by atoms with E-state index in [1.807, 2.05) is 6.07 Å². The van der Waals surface area contributed by atoms with Crippen molar-refractivity contribution in [2.24, 2.45) is 0 Å². The summed E-state index contributed by atoms with van der Waals surface area (Å²) in [5.74, 6) is -0.911. The zero-order valence-electron chi connectivity index (χ0n) is 13.0. The largest absolute Gasteiger partial charge is 0.488 e. The molecule has 1 atom stereocenters. The number of ether oxygens (including phenoxy) is 1. The molecule has 0 aliphatic heterocycles. The van der Waals surface area contributed by atoms with Crippen LogP contribution in [0.4, 0.5) is 5.69 Å². The monoisotopic (exact) mass is 376 g/mol. The fraction of sp³-hybridized carbons (Fsp3) is 0.111. The fourth-order valence-electron chi connectivity index (χ4n) is 2.17. The molecule has 5 nitrogen and oxygen atoms in total. The fourth-order valence-corrected chi connectivity index (χ4v) is 2.73. The Balaban J connectivity index is 2.43. The number of nitrogens with zero attached hydrogens (tertiary/aromatic N) is 1. The maximum Gasteiger partial charge on any atom is 0.330 e. The van der Waals surface area contributed by atoms with Crippen molar-refractivity contribution in [3.8, 4) is 11.8 Å². The molecule has 0 spiro atoms. The molecule has 25 heavy (non-hydrogen) atoms.